The fourth-order valence-electron chi connectivity index (χ4n) is 3.43. The molecule has 0 saturated heterocycles. The first-order chi connectivity index (χ1) is 12.4. The van der Waals surface area contributed by atoms with E-state index in [0.717, 1.165) is 15.0 Å². The number of imidazole rings is 1. The summed E-state index contributed by atoms with van der Waals surface area (Å²) in [5, 5.41) is 0. The number of para-hydroxylation sites is 1. The summed E-state index contributed by atoms with van der Waals surface area (Å²) in [6.45, 7) is 9.03. The maximum absolute atomic E-state index is 6.51. The van der Waals surface area contributed by atoms with Crippen LogP contribution in [0.3, 0.4) is 0 Å². The molecular formula is C21H27AgClN3-2. The molecule has 26 heavy (non-hydrogen) atoms. The Morgan fingerprint density at radius 2 is 1.50 bits per heavy atom. The van der Waals surface area contributed by atoms with Gasteiger partial charge >= 0.3 is 169 Å². The third-order valence-electron chi connectivity index (χ3n) is 4.70. The molecule has 0 aliphatic heterocycles. The monoisotopic (exact) mass is 463 g/mol. The molecule has 146 valence electrons. The minimum atomic E-state index is 0.151. The van der Waals surface area contributed by atoms with Crippen molar-refractivity contribution in [3.05, 3.63) is 57.4 Å². The Balaban J connectivity index is 2.47. The number of rotatable bonds is 4. The number of hydrogen-bond donors (Lipinski definition) is 0. The molecule has 0 unspecified atom stereocenters. The molecule has 0 saturated carbocycles. The predicted molar refractivity (Wildman–Crippen MR) is 108 cm³/mol. The standard InChI is InChI=1S/C21H27N3.Ag.ClH/c1-15(2)18-10-8-11-19(16(3)4)21(18)23-13-17-9-7-12-20(22(5)6)24(17)14-23;;/h7-13,15-16H,1-6H3;;1H/q;-1;/p-1. The Morgan fingerprint density at radius 3 is 2.00 bits per heavy atom. The Bertz CT molecular complexity index is 970. The number of nitrogens with zero attached hydrogens (tertiary/aromatic N) is 3. The Morgan fingerprint density at radius 1 is 0.923 bits per heavy atom. The van der Waals surface area contributed by atoms with Crippen LogP contribution in [0, 0.1) is 3.63 Å². The van der Waals surface area contributed by atoms with Crippen molar-refractivity contribution in [2.75, 3.05) is 19.0 Å². The van der Waals surface area contributed by atoms with Gasteiger partial charge in [0.25, 0.3) is 0 Å². The van der Waals surface area contributed by atoms with Crippen molar-refractivity contribution in [3.63, 3.8) is 0 Å². The van der Waals surface area contributed by atoms with Crippen molar-refractivity contribution < 1.29 is 18.2 Å². The molecule has 0 N–H and O–H groups in total. The normalized spacial score (nSPS) is 13.2. The number of fused-ring (bicyclic) bond motifs is 1. The topological polar surface area (TPSA) is 12.6 Å². The zero-order valence-electron chi connectivity index (χ0n) is 16.2. The molecular weight excluding hydrogens is 438 g/mol. The third kappa shape index (κ3) is 3.34. The molecule has 0 bridgehead atoms. The predicted octanol–water partition coefficient (Wildman–Crippen LogP) is 5.81. The van der Waals surface area contributed by atoms with E-state index in [0.29, 0.717) is 11.8 Å². The zero-order valence-corrected chi connectivity index (χ0v) is 18.5. The van der Waals surface area contributed by atoms with Crippen LogP contribution in [0.5, 0.6) is 0 Å². The van der Waals surface area contributed by atoms with E-state index in [4.69, 9.17) is 9.19 Å². The molecule has 0 atom stereocenters. The van der Waals surface area contributed by atoms with Gasteiger partial charge in [-0.15, -0.1) is 0 Å². The van der Waals surface area contributed by atoms with Crippen molar-refractivity contribution in [2.24, 2.45) is 0 Å². The molecule has 3 rings (SSSR count). The molecule has 0 radical (unpaired) electrons. The Hall–Kier alpha value is -1.26. The van der Waals surface area contributed by atoms with Crippen molar-refractivity contribution >= 4 is 20.5 Å². The van der Waals surface area contributed by atoms with Crippen LogP contribution in [0.4, 0.5) is 5.82 Å². The summed E-state index contributed by atoms with van der Waals surface area (Å²) in [6.07, 6.45) is 2.23. The van der Waals surface area contributed by atoms with Gasteiger partial charge in [0.15, 0.2) is 0 Å². The molecule has 3 aromatic rings. The first-order valence-corrected chi connectivity index (χ1v) is 11.6. The van der Waals surface area contributed by atoms with Gasteiger partial charge in [0.05, 0.1) is 0 Å². The number of aromatic nitrogens is 2. The number of pyridine rings is 1. The van der Waals surface area contributed by atoms with Crippen LogP contribution in [0.15, 0.2) is 42.6 Å². The maximum atomic E-state index is 6.51. The molecule has 2 aromatic heterocycles. The molecule has 3 nitrogen and oxygen atoms in total. The van der Waals surface area contributed by atoms with Crippen LogP contribution >= 0.6 is 9.19 Å². The molecule has 2 heterocycles. The average Bonchev–Trinajstić information content (AvgIpc) is 2.98. The molecule has 0 aliphatic carbocycles. The second-order valence-electron chi connectivity index (χ2n) is 7.42. The van der Waals surface area contributed by atoms with E-state index in [1.165, 1.54) is 16.8 Å². The number of anilines is 1. The van der Waals surface area contributed by atoms with E-state index in [1.807, 2.05) is 0 Å². The van der Waals surface area contributed by atoms with Gasteiger partial charge in [0.2, 0.25) is 0 Å². The number of hydrogen-bond acceptors (Lipinski definition) is 1. The second-order valence-corrected chi connectivity index (χ2v) is 9.04. The summed E-state index contributed by atoms with van der Waals surface area (Å²) in [5.41, 5.74) is 5.17. The summed E-state index contributed by atoms with van der Waals surface area (Å²) in [6, 6.07) is 13.1. The number of halogens is 1. The van der Waals surface area contributed by atoms with Gasteiger partial charge in [-0.2, -0.15) is 0 Å². The molecule has 0 amide bonds. The van der Waals surface area contributed by atoms with Crippen LogP contribution in [-0.2, 0) is 18.2 Å². The van der Waals surface area contributed by atoms with Crippen LogP contribution in [-0.4, -0.2) is 23.1 Å². The van der Waals surface area contributed by atoms with E-state index in [2.05, 4.69) is 98.3 Å². The minimum absolute atomic E-state index is 0.151. The van der Waals surface area contributed by atoms with E-state index in [-0.39, 0.29) is 18.2 Å². The molecule has 0 spiro atoms. The van der Waals surface area contributed by atoms with Crippen LogP contribution in [0.25, 0.3) is 11.2 Å². The van der Waals surface area contributed by atoms with Crippen LogP contribution in [0.1, 0.15) is 50.7 Å². The van der Waals surface area contributed by atoms with E-state index >= 15 is 0 Å². The summed E-state index contributed by atoms with van der Waals surface area (Å²) in [7, 11) is 10.7. The fraction of sp³-hybridized carbons (Fsp3) is 0.381. The van der Waals surface area contributed by atoms with Crippen molar-refractivity contribution in [1.29, 1.82) is 0 Å². The summed E-state index contributed by atoms with van der Waals surface area (Å²) >= 11 is 0.151. The quantitative estimate of drug-likeness (QED) is 0.444. The van der Waals surface area contributed by atoms with Crippen molar-refractivity contribution in [1.82, 2.24) is 8.97 Å². The Labute approximate surface area is 168 Å². The first kappa shape index (κ1) is 19.5. The van der Waals surface area contributed by atoms with Gasteiger partial charge in [-0.1, -0.05) is 0 Å². The van der Waals surface area contributed by atoms with Gasteiger partial charge < -0.3 is 0 Å². The van der Waals surface area contributed by atoms with Crippen molar-refractivity contribution in [2.45, 2.75) is 39.5 Å². The third-order valence-corrected chi connectivity index (χ3v) is 6.24. The van der Waals surface area contributed by atoms with E-state index in [9.17, 15) is 0 Å². The van der Waals surface area contributed by atoms with Crippen LogP contribution < -0.4 is 4.90 Å². The first-order valence-electron chi connectivity index (χ1n) is 8.92. The molecule has 0 aliphatic rings. The van der Waals surface area contributed by atoms with E-state index < -0.39 is 0 Å². The summed E-state index contributed by atoms with van der Waals surface area (Å²) in [4.78, 5) is 2.13. The molecule has 0 fully saturated rings. The molecule has 1 aromatic carbocycles. The summed E-state index contributed by atoms with van der Waals surface area (Å²) < 4.78 is 5.70. The van der Waals surface area contributed by atoms with Gasteiger partial charge in [-0.25, -0.2) is 0 Å². The van der Waals surface area contributed by atoms with E-state index in [1.54, 1.807) is 0 Å². The van der Waals surface area contributed by atoms with Gasteiger partial charge in [0, 0.05) is 0 Å². The molecule has 5 heteroatoms. The summed E-state index contributed by atoms with van der Waals surface area (Å²) in [5.74, 6) is 2.02. The number of benzene rings is 1. The van der Waals surface area contributed by atoms with Crippen molar-refractivity contribution in [3.8, 4) is 5.69 Å². The average molecular weight is 465 g/mol. The zero-order chi connectivity index (χ0) is 19.0. The Kier molecular flexibility index (Phi) is 5.83. The van der Waals surface area contributed by atoms with Gasteiger partial charge in [-0.05, 0) is 0 Å². The SMILES string of the molecule is CC(C)c1cccc(C(C)C)c1-n1cc2cccc(N(C)C)n2[c]1=[Ag-2][Cl]. The van der Waals surface area contributed by atoms with Gasteiger partial charge in [0.1, 0.15) is 0 Å². The second kappa shape index (κ2) is 7.77. The van der Waals surface area contributed by atoms with Crippen LogP contribution in [0.2, 0.25) is 0 Å². The fourth-order valence-corrected chi connectivity index (χ4v) is 4.93. The van der Waals surface area contributed by atoms with Gasteiger partial charge in [-0.3, -0.25) is 0 Å².